The van der Waals surface area contributed by atoms with Crippen molar-refractivity contribution in [2.45, 2.75) is 32.2 Å². The van der Waals surface area contributed by atoms with Gasteiger partial charge >= 0.3 is 0 Å². The molecule has 2 amide bonds. The molecule has 4 rings (SSSR count). The van der Waals surface area contributed by atoms with E-state index in [1.165, 1.54) is 0 Å². The van der Waals surface area contributed by atoms with Gasteiger partial charge in [0.15, 0.2) is 0 Å². The van der Waals surface area contributed by atoms with Crippen molar-refractivity contribution in [2.75, 3.05) is 18.6 Å². The Bertz CT molecular complexity index is 1040. The number of aryl methyl sites for hydroxylation is 1. The Morgan fingerprint density at radius 3 is 2.52 bits per heavy atom. The minimum Gasteiger partial charge on any atom is -0.497 e. The first kappa shape index (κ1) is 20.7. The van der Waals surface area contributed by atoms with Crippen molar-refractivity contribution in [3.8, 4) is 17.1 Å². The normalized spacial score (nSPS) is 13.5. The van der Waals surface area contributed by atoms with Gasteiger partial charge in [-0.05, 0) is 60.5 Å². The smallest absolute Gasteiger partial charge is 0.227 e. The lowest BCUT2D eigenvalue weighted by atomic mass is 10.1. The summed E-state index contributed by atoms with van der Waals surface area (Å²) in [5.41, 5.74) is 2.89. The van der Waals surface area contributed by atoms with E-state index in [0.717, 1.165) is 47.0 Å². The van der Waals surface area contributed by atoms with Crippen LogP contribution in [0.3, 0.4) is 0 Å². The fraction of sp³-hybridized carbons (Fsp3) is 0.280. The first-order valence-electron chi connectivity index (χ1n) is 10.5. The van der Waals surface area contributed by atoms with Crippen molar-refractivity contribution in [3.63, 3.8) is 0 Å². The van der Waals surface area contributed by atoms with E-state index in [1.807, 2.05) is 65.6 Å². The van der Waals surface area contributed by atoms with Crippen LogP contribution < -0.4 is 15.0 Å². The van der Waals surface area contributed by atoms with Crippen LogP contribution in [-0.4, -0.2) is 25.5 Å². The molecule has 1 aliphatic rings. The zero-order valence-electron chi connectivity index (χ0n) is 17.6. The largest absolute Gasteiger partial charge is 0.497 e. The van der Waals surface area contributed by atoms with Crippen molar-refractivity contribution < 1.29 is 18.7 Å². The van der Waals surface area contributed by atoms with Crippen molar-refractivity contribution in [3.05, 3.63) is 72.0 Å². The van der Waals surface area contributed by atoms with Crippen LogP contribution in [0.2, 0.25) is 0 Å². The van der Waals surface area contributed by atoms with E-state index in [1.54, 1.807) is 7.11 Å². The summed E-state index contributed by atoms with van der Waals surface area (Å²) in [6.45, 7) is 1.24. The van der Waals surface area contributed by atoms with Crippen LogP contribution in [0.25, 0.3) is 11.3 Å². The molecule has 0 bridgehead atoms. The lowest BCUT2D eigenvalue weighted by Gasteiger charge is -2.16. The number of hydrogen-bond acceptors (Lipinski definition) is 4. The number of carbonyl (C=O) groups is 2. The summed E-state index contributed by atoms with van der Waals surface area (Å²) in [5, 5.41) is 2.94. The van der Waals surface area contributed by atoms with Crippen LogP contribution in [-0.2, 0) is 22.6 Å². The van der Waals surface area contributed by atoms with Gasteiger partial charge in [-0.3, -0.25) is 9.59 Å². The van der Waals surface area contributed by atoms with Gasteiger partial charge in [0.2, 0.25) is 11.8 Å². The number of nitrogens with zero attached hydrogens (tertiary/aromatic N) is 1. The molecule has 160 valence electrons. The third-order valence-corrected chi connectivity index (χ3v) is 5.45. The third kappa shape index (κ3) is 5.15. The third-order valence-electron chi connectivity index (χ3n) is 5.45. The van der Waals surface area contributed by atoms with Crippen molar-refractivity contribution >= 4 is 17.5 Å². The quantitative estimate of drug-likeness (QED) is 0.591. The molecule has 6 heteroatoms. The topological polar surface area (TPSA) is 71.8 Å². The lowest BCUT2D eigenvalue weighted by Crippen LogP contribution is -2.24. The highest BCUT2D eigenvalue weighted by atomic mass is 16.5. The SMILES string of the molecule is COc1ccc(-c2ccc(CCC(=O)NCc3ccc(N4CCCC4=O)cc3)o2)cc1. The van der Waals surface area contributed by atoms with E-state index in [2.05, 4.69) is 5.32 Å². The second-order valence-corrected chi connectivity index (χ2v) is 7.59. The molecule has 0 spiro atoms. The number of amides is 2. The van der Waals surface area contributed by atoms with Gasteiger partial charge < -0.3 is 19.4 Å². The number of methoxy groups -OCH3 is 1. The fourth-order valence-electron chi connectivity index (χ4n) is 3.66. The summed E-state index contributed by atoms with van der Waals surface area (Å²) >= 11 is 0. The predicted molar refractivity (Wildman–Crippen MR) is 119 cm³/mol. The highest BCUT2D eigenvalue weighted by molar-refractivity contribution is 5.95. The molecule has 1 aromatic heterocycles. The Labute approximate surface area is 181 Å². The van der Waals surface area contributed by atoms with Gasteiger partial charge in [-0.2, -0.15) is 0 Å². The Kier molecular flexibility index (Phi) is 6.36. The number of anilines is 1. The van der Waals surface area contributed by atoms with Crippen LogP contribution in [0, 0.1) is 0 Å². The second kappa shape index (κ2) is 9.51. The molecule has 0 atom stereocenters. The Hall–Kier alpha value is -3.54. The van der Waals surface area contributed by atoms with Crippen LogP contribution in [0.15, 0.2) is 65.1 Å². The minimum absolute atomic E-state index is 0.0267. The molecular weight excluding hydrogens is 392 g/mol. The summed E-state index contributed by atoms with van der Waals surface area (Å²) < 4.78 is 11.0. The minimum atomic E-state index is -0.0267. The molecule has 1 fully saturated rings. The Morgan fingerprint density at radius 2 is 1.84 bits per heavy atom. The predicted octanol–water partition coefficient (Wildman–Crippen LogP) is 4.33. The summed E-state index contributed by atoms with van der Waals surface area (Å²) in [5.74, 6) is 2.50. The number of hydrogen-bond donors (Lipinski definition) is 1. The van der Waals surface area contributed by atoms with Crippen molar-refractivity contribution in [2.24, 2.45) is 0 Å². The summed E-state index contributed by atoms with van der Waals surface area (Å²) in [6, 6.07) is 19.3. The summed E-state index contributed by atoms with van der Waals surface area (Å²) in [4.78, 5) is 25.9. The molecular formula is C25H26N2O4. The van der Waals surface area contributed by atoms with Crippen LogP contribution >= 0.6 is 0 Å². The number of rotatable bonds is 8. The number of furan rings is 1. The molecule has 3 aromatic rings. The van der Waals surface area contributed by atoms with E-state index < -0.39 is 0 Å². The van der Waals surface area contributed by atoms with Crippen LogP contribution in [0.5, 0.6) is 5.75 Å². The van der Waals surface area contributed by atoms with Crippen molar-refractivity contribution in [1.29, 1.82) is 0 Å². The monoisotopic (exact) mass is 418 g/mol. The molecule has 1 N–H and O–H groups in total. The molecule has 0 aliphatic carbocycles. The van der Waals surface area contributed by atoms with E-state index in [4.69, 9.17) is 9.15 Å². The van der Waals surface area contributed by atoms with Gasteiger partial charge in [-0.15, -0.1) is 0 Å². The zero-order chi connectivity index (χ0) is 21.6. The van der Waals surface area contributed by atoms with E-state index in [-0.39, 0.29) is 11.8 Å². The number of ether oxygens (including phenoxy) is 1. The first-order chi connectivity index (χ1) is 15.1. The van der Waals surface area contributed by atoms with E-state index >= 15 is 0 Å². The van der Waals surface area contributed by atoms with Crippen LogP contribution in [0.4, 0.5) is 5.69 Å². The van der Waals surface area contributed by atoms with E-state index in [9.17, 15) is 9.59 Å². The molecule has 2 heterocycles. The highest BCUT2D eigenvalue weighted by Gasteiger charge is 2.21. The van der Waals surface area contributed by atoms with E-state index in [0.29, 0.717) is 25.8 Å². The number of nitrogens with one attached hydrogen (secondary N) is 1. The molecule has 0 unspecified atom stereocenters. The maximum absolute atomic E-state index is 12.2. The molecule has 1 saturated heterocycles. The average Bonchev–Trinajstić information content (AvgIpc) is 3.46. The van der Waals surface area contributed by atoms with Gasteiger partial charge in [0.25, 0.3) is 0 Å². The van der Waals surface area contributed by atoms with Gasteiger partial charge in [-0.1, -0.05) is 12.1 Å². The molecule has 6 nitrogen and oxygen atoms in total. The Balaban J connectivity index is 1.24. The van der Waals surface area contributed by atoms with Gasteiger partial charge in [0, 0.05) is 43.6 Å². The lowest BCUT2D eigenvalue weighted by molar-refractivity contribution is -0.121. The standard InChI is InChI=1S/C25H26N2O4/c1-30-21-10-6-19(7-11-21)23-14-12-22(31-23)13-15-24(28)26-17-18-4-8-20(9-5-18)27-16-2-3-25(27)29/h4-12,14H,2-3,13,15-17H2,1H3,(H,26,28). The zero-order valence-corrected chi connectivity index (χ0v) is 17.6. The maximum Gasteiger partial charge on any atom is 0.227 e. The van der Waals surface area contributed by atoms with Gasteiger partial charge in [0.05, 0.1) is 7.11 Å². The fourth-order valence-corrected chi connectivity index (χ4v) is 3.66. The van der Waals surface area contributed by atoms with Gasteiger partial charge in [-0.25, -0.2) is 0 Å². The van der Waals surface area contributed by atoms with Gasteiger partial charge in [0.1, 0.15) is 17.3 Å². The molecule has 0 radical (unpaired) electrons. The Morgan fingerprint density at radius 1 is 1.06 bits per heavy atom. The second-order valence-electron chi connectivity index (χ2n) is 7.59. The number of carbonyl (C=O) groups excluding carboxylic acids is 2. The molecule has 2 aromatic carbocycles. The summed E-state index contributed by atoms with van der Waals surface area (Å²) in [6.07, 6.45) is 2.43. The van der Waals surface area contributed by atoms with Crippen molar-refractivity contribution in [1.82, 2.24) is 5.32 Å². The highest BCUT2D eigenvalue weighted by Crippen LogP contribution is 2.25. The average molecular weight is 418 g/mol. The molecule has 1 aliphatic heterocycles. The first-order valence-corrected chi connectivity index (χ1v) is 10.5. The summed E-state index contributed by atoms with van der Waals surface area (Å²) in [7, 11) is 1.64. The molecule has 31 heavy (non-hydrogen) atoms. The maximum atomic E-state index is 12.2. The van der Waals surface area contributed by atoms with Crippen LogP contribution in [0.1, 0.15) is 30.6 Å². The number of benzene rings is 2. The molecule has 0 saturated carbocycles.